The average molecular weight is 411 g/mol. The molecule has 30 heavy (non-hydrogen) atoms. The van der Waals surface area contributed by atoms with Crippen molar-refractivity contribution in [2.75, 3.05) is 13.1 Å². The van der Waals surface area contributed by atoms with E-state index in [1.165, 1.54) is 18.2 Å². The Morgan fingerprint density at radius 3 is 2.63 bits per heavy atom. The van der Waals surface area contributed by atoms with Crippen LogP contribution in [0.3, 0.4) is 0 Å². The number of halogens is 1. The summed E-state index contributed by atoms with van der Waals surface area (Å²) in [5, 5.41) is 11.3. The van der Waals surface area contributed by atoms with Crippen LogP contribution in [0.15, 0.2) is 36.5 Å². The molecule has 1 saturated heterocycles. The number of likely N-dealkylation sites (tertiary alicyclic amines) is 1. The lowest BCUT2D eigenvalue weighted by Crippen LogP contribution is -2.37. The summed E-state index contributed by atoms with van der Waals surface area (Å²) >= 11 is 0. The van der Waals surface area contributed by atoms with Gasteiger partial charge in [0.1, 0.15) is 5.82 Å². The molecule has 2 aliphatic rings. The second kappa shape index (κ2) is 9.19. The molecule has 2 amide bonds. The van der Waals surface area contributed by atoms with Crippen LogP contribution in [0.4, 0.5) is 4.39 Å². The molecule has 1 aliphatic carbocycles. The van der Waals surface area contributed by atoms with Gasteiger partial charge in [-0.05, 0) is 62.3 Å². The van der Waals surface area contributed by atoms with E-state index in [9.17, 15) is 14.0 Å². The number of hydrogen-bond acceptors (Lipinski definition) is 4. The van der Waals surface area contributed by atoms with Crippen molar-refractivity contribution in [3.8, 4) is 0 Å². The number of hydrogen-bond donors (Lipinski definition) is 1. The lowest BCUT2D eigenvalue weighted by Gasteiger charge is -2.28. The highest BCUT2D eigenvalue weighted by molar-refractivity contribution is 5.92. The van der Waals surface area contributed by atoms with E-state index >= 15 is 0 Å². The Kier molecular flexibility index (Phi) is 6.21. The molecule has 0 bridgehead atoms. The third-order valence-corrected chi connectivity index (χ3v) is 5.82. The SMILES string of the molecule is O=C(/C=C\c1cccc(F)c1)NC1CCC(n2cc(C(=O)N3CCCC3)nn2)CC1. The second-order valence-corrected chi connectivity index (χ2v) is 7.99. The first-order valence-corrected chi connectivity index (χ1v) is 10.5. The van der Waals surface area contributed by atoms with Gasteiger partial charge >= 0.3 is 0 Å². The predicted octanol–water partition coefficient (Wildman–Crippen LogP) is 2.97. The van der Waals surface area contributed by atoms with Crippen molar-refractivity contribution in [1.82, 2.24) is 25.2 Å². The van der Waals surface area contributed by atoms with Crippen molar-refractivity contribution in [3.63, 3.8) is 0 Å². The first kappa shape index (κ1) is 20.3. The molecular weight excluding hydrogens is 385 g/mol. The fourth-order valence-electron chi connectivity index (χ4n) is 4.15. The molecule has 2 aromatic rings. The van der Waals surface area contributed by atoms with Gasteiger partial charge in [-0.2, -0.15) is 0 Å². The van der Waals surface area contributed by atoms with Crippen LogP contribution in [0.5, 0.6) is 0 Å². The topological polar surface area (TPSA) is 80.1 Å². The molecule has 0 atom stereocenters. The molecule has 1 saturated carbocycles. The Labute approximate surface area is 174 Å². The highest BCUT2D eigenvalue weighted by Crippen LogP contribution is 2.28. The average Bonchev–Trinajstić information content (AvgIpc) is 3.45. The fraction of sp³-hybridized carbons (Fsp3) is 0.455. The Morgan fingerprint density at radius 2 is 1.90 bits per heavy atom. The van der Waals surface area contributed by atoms with E-state index in [1.54, 1.807) is 29.1 Å². The molecule has 2 heterocycles. The van der Waals surface area contributed by atoms with E-state index in [0.717, 1.165) is 51.6 Å². The Morgan fingerprint density at radius 1 is 1.13 bits per heavy atom. The number of rotatable bonds is 5. The lowest BCUT2D eigenvalue weighted by atomic mass is 9.91. The van der Waals surface area contributed by atoms with Gasteiger partial charge in [0.15, 0.2) is 5.69 Å². The molecule has 7 nitrogen and oxygen atoms in total. The number of carbonyl (C=O) groups excluding carboxylic acids is 2. The number of carbonyl (C=O) groups is 2. The zero-order valence-corrected chi connectivity index (χ0v) is 16.8. The summed E-state index contributed by atoms with van der Waals surface area (Å²) in [6, 6.07) is 6.40. The monoisotopic (exact) mass is 411 g/mol. The van der Waals surface area contributed by atoms with Crippen LogP contribution < -0.4 is 5.32 Å². The third kappa shape index (κ3) is 4.93. The Balaban J connectivity index is 1.26. The second-order valence-electron chi connectivity index (χ2n) is 7.99. The molecule has 1 N–H and O–H groups in total. The zero-order valence-electron chi connectivity index (χ0n) is 16.8. The van der Waals surface area contributed by atoms with E-state index in [1.807, 2.05) is 4.90 Å². The van der Waals surface area contributed by atoms with Gasteiger partial charge in [0.2, 0.25) is 5.91 Å². The summed E-state index contributed by atoms with van der Waals surface area (Å²) in [5.41, 5.74) is 1.06. The smallest absolute Gasteiger partial charge is 0.276 e. The van der Waals surface area contributed by atoms with Crippen molar-refractivity contribution in [2.45, 2.75) is 50.6 Å². The van der Waals surface area contributed by atoms with Crippen LogP contribution in [0.1, 0.15) is 60.6 Å². The maximum atomic E-state index is 13.2. The molecule has 1 aliphatic heterocycles. The first-order chi connectivity index (χ1) is 14.6. The number of amides is 2. The van der Waals surface area contributed by atoms with E-state index in [0.29, 0.717) is 11.3 Å². The minimum Gasteiger partial charge on any atom is -0.350 e. The molecule has 1 aromatic carbocycles. The lowest BCUT2D eigenvalue weighted by molar-refractivity contribution is -0.117. The molecule has 2 fully saturated rings. The number of aromatic nitrogens is 3. The largest absolute Gasteiger partial charge is 0.350 e. The quantitative estimate of drug-likeness (QED) is 0.767. The van der Waals surface area contributed by atoms with Gasteiger partial charge in [-0.25, -0.2) is 9.07 Å². The predicted molar refractivity (Wildman–Crippen MR) is 110 cm³/mol. The van der Waals surface area contributed by atoms with Crippen LogP contribution >= 0.6 is 0 Å². The van der Waals surface area contributed by atoms with Gasteiger partial charge in [-0.1, -0.05) is 17.3 Å². The molecule has 0 spiro atoms. The van der Waals surface area contributed by atoms with Crippen LogP contribution in [0.2, 0.25) is 0 Å². The molecule has 0 unspecified atom stereocenters. The molecule has 1 aromatic heterocycles. The first-order valence-electron chi connectivity index (χ1n) is 10.5. The fourth-order valence-corrected chi connectivity index (χ4v) is 4.15. The van der Waals surface area contributed by atoms with Crippen LogP contribution in [-0.4, -0.2) is 50.8 Å². The number of benzene rings is 1. The zero-order chi connectivity index (χ0) is 20.9. The van der Waals surface area contributed by atoms with Crippen LogP contribution in [-0.2, 0) is 4.79 Å². The van der Waals surface area contributed by atoms with Gasteiger partial charge in [0.05, 0.1) is 12.2 Å². The van der Waals surface area contributed by atoms with Gasteiger partial charge in [-0.3, -0.25) is 9.59 Å². The van der Waals surface area contributed by atoms with Crippen molar-refractivity contribution < 1.29 is 14.0 Å². The normalized spacial score (nSPS) is 21.8. The molecule has 158 valence electrons. The summed E-state index contributed by atoms with van der Waals surface area (Å²) in [5.74, 6) is -0.541. The van der Waals surface area contributed by atoms with Gasteiger partial charge in [0.25, 0.3) is 5.91 Å². The molecule has 0 radical (unpaired) electrons. The van der Waals surface area contributed by atoms with E-state index in [4.69, 9.17) is 0 Å². The van der Waals surface area contributed by atoms with E-state index in [2.05, 4.69) is 15.6 Å². The van der Waals surface area contributed by atoms with Crippen molar-refractivity contribution in [1.29, 1.82) is 0 Å². The van der Waals surface area contributed by atoms with Crippen LogP contribution in [0.25, 0.3) is 6.08 Å². The summed E-state index contributed by atoms with van der Waals surface area (Å²) in [7, 11) is 0. The summed E-state index contributed by atoms with van der Waals surface area (Å²) in [6.45, 7) is 1.59. The maximum absolute atomic E-state index is 13.2. The summed E-state index contributed by atoms with van der Waals surface area (Å²) < 4.78 is 15.0. The van der Waals surface area contributed by atoms with Gasteiger partial charge in [0, 0.05) is 25.2 Å². The van der Waals surface area contributed by atoms with Crippen molar-refractivity contribution in [2.24, 2.45) is 0 Å². The maximum Gasteiger partial charge on any atom is 0.276 e. The summed E-state index contributed by atoms with van der Waals surface area (Å²) in [6.07, 6.45) is 10.3. The molecular formula is C22H26FN5O2. The van der Waals surface area contributed by atoms with Crippen LogP contribution in [0, 0.1) is 5.82 Å². The number of nitrogens with one attached hydrogen (secondary N) is 1. The minimum atomic E-state index is -0.325. The van der Waals surface area contributed by atoms with Crippen molar-refractivity contribution in [3.05, 3.63) is 53.6 Å². The number of nitrogens with zero attached hydrogens (tertiary/aromatic N) is 4. The van der Waals surface area contributed by atoms with Gasteiger partial charge < -0.3 is 10.2 Å². The van der Waals surface area contributed by atoms with Crippen molar-refractivity contribution >= 4 is 17.9 Å². The molecule has 4 rings (SSSR count). The Hall–Kier alpha value is -3.03. The minimum absolute atomic E-state index is 0.0372. The standard InChI is InChI=1S/C22H26FN5O2/c23-17-5-3-4-16(14-17)6-11-21(29)24-18-7-9-19(10-8-18)28-15-20(25-26-28)22(30)27-12-1-2-13-27/h3-6,11,14-15,18-19H,1-2,7-10,12-13H2,(H,24,29)/b11-6-. The Bertz CT molecular complexity index is 927. The van der Waals surface area contributed by atoms with E-state index < -0.39 is 0 Å². The summed E-state index contributed by atoms with van der Waals surface area (Å²) in [4.78, 5) is 26.4. The third-order valence-electron chi connectivity index (χ3n) is 5.82. The highest BCUT2D eigenvalue weighted by Gasteiger charge is 2.26. The van der Waals surface area contributed by atoms with E-state index in [-0.39, 0.29) is 29.7 Å². The molecule has 8 heteroatoms. The van der Waals surface area contributed by atoms with Gasteiger partial charge in [-0.15, -0.1) is 5.10 Å². The highest BCUT2D eigenvalue weighted by atomic mass is 19.1.